The number of fused-ring (bicyclic) bond motifs is 1. The van der Waals surface area contributed by atoms with Crippen molar-refractivity contribution in [2.24, 2.45) is 5.92 Å². The maximum absolute atomic E-state index is 9.90. The molecule has 1 unspecified atom stereocenters. The number of hydrogen-bond donors (Lipinski definition) is 4. The maximum Gasteiger partial charge on any atom is 0.205 e. The Hall–Kier alpha value is -2.58. The van der Waals surface area contributed by atoms with Gasteiger partial charge in [0.15, 0.2) is 11.5 Å². The van der Waals surface area contributed by atoms with Crippen molar-refractivity contribution in [2.75, 3.05) is 23.0 Å². The Balaban J connectivity index is 2.22. The summed E-state index contributed by atoms with van der Waals surface area (Å²) in [5.41, 5.74) is 9.71. The minimum Gasteiger partial charge on any atom is -0.399 e. The largest absolute Gasteiger partial charge is 0.399 e. The number of rotatable bonds is 8. The highest BCUT2D eigenvalue weighted by Crippen LogP contribution is 2.39. The Kier molecular flexibility index (Phi) is 6.91. The monoisotopic (exact) mass is 445 g/mol. The van der Waals surface area contributed by atoms with Crippen LogP contribution in [0.25, 0.3) is 11.4 Å². The number of nitrogens with one attached hydrogen (secondary N) is 2. The second kappa shape index (κ2) is 9.28. The number of nitrogens with zero attached hydrogens (tertiary/aromatic N) is 4. The van der Waals surface area contributed by atoms with E-state index < -0.39 is 0 Å². The number of aliphatic hydroxyl groups excluding tert-OH is 1. The van der Waals surface area contributed by atoms with Crippen molar-refractivity contribution in [1.82, 2.24) is 19.7 Å². The second-order valence-corrected chi connectivity index (χ2v) is 9.20. The van der Waals surface area contributed by atoms with E-state index in [4.69, 9.17) is 22.3 Å². The summed E-state index contributed by atoms with van der Waals surface area (Å²) in [6.07, 6.45) is 0. The molecule has 1 aromatic rings. The summed E-state index contributed by atoms with van der Waals surface area (Å²) in [4.78, 5) is 4.86. The second-order valence-electron chi connectivity index (χ2n) is 8.76. The predicted molar refractivity (Wildman–Crippen MR) is 127 cm³/mol. The number of aromatic nitrogens is 4. The molecule has 5 N–H and O–H groups in total. The molecule has 3 rings (SSSR count). The molecule has 9 heteroatoms. The van der Waals surface area contributed by atoms with Gasteiger partial charge >= 0.3 is 0 Å². The molecular weight excluding hydrogens is 414 g/mol. The third-order valence-electron chi connectivity index (χ3n) is 5.20. The van der Waals surface area contributed by atoms with Crippen molar-refractivity contribution < 1.29 is 5.11 Å². The summed E-state index contributed by atoms with van der Waals surface area (Å²) in [6.45, 7) is 12.5. The van der Waals surface area contributed by atoms with E-state index in [0.29, 0.717) is 33.9 Å². The first-order valence-electron chi connectivity index (χ1n) is 10.6. The van der Waals surface area contributed by atoms with E-state index in [0.717, 1.165) is 11.4 Å². The van der Waals surface area contributed by atoms with Gasteiger partial charge in [-0.2, -0.15) is 10.1 Å². The molecule has 1 atom stereocenters. The van der Waals surface area contributed by atoms with Gasteiger partial charge in [-0.3, -0.25) is 0 Å². The number of nitrogen functional groups attached to an aromatic ring is 1. The number of halogens is 1. The van der Waals surface area contributed by atoms with Gasteiger partial charge in [0.05, 0.1) is 24.0 Å². The molecule has 0 bridgehead atoms. The van der Waals surface area contributed by atoms with Crippen LogP contribution in [0.15, 0.2) is 18.2 Å². The van der Waals surface area contributed by atoms with Crippen LogP contribution in [0, 0.1) is 5.92 Å². The molecule has 2 heterocycles. The fraction of sp³-hybridized carbons (Fsp3) is 0.500. The van der Waals surface area contributed by atoms with Gasteiger partial charge in [-0.1, -0.05) is 39.3 Å². The highest BCUT2D eigenvalue weighted by Gasteiger charge is 2.29. The quantitative estimate of drug-likeness (QED) is 0.365. The van der Waals surface area contributed by atoms with Gasteiger partial charge < -0.3 is 26.0 Å². The van der Waals surface area contributed by atoms with Crippen molar-refractivity contribution in [3.05, 3.63) is 28.9 Å². The first kappa shape index (κ1) is 23.1. The molecule has 0 amide bonds. The average Bonchev–Trinajstić information content (AvgIpc) is 3.10. The summed E-state index contributed by atoms with van der Waals surface area (Å²) < 4.78 is 2.10. The average molecular weight is 446 g/mol. The Morgan fingerprint density at radius 2 is 1.81 bits per heavy atom. The molecule has 2 aliphatic rings. The lowest BCUT2D eigenvalue weighted by atomic mass is 10.0. The first-order valence-corrected chi connectivity index (χ1v) is 11.0. The number of anilines is 4. The third-order valence-corrected chi connectivity index (χ3v) is 5.42. The van der Waals surface area contributed by atoms with Crippen LogP contribution in [0.3, 0.4) is 0 Å². The van der Waals surface area contributed by atoms with Crippen molar-refractivity contribution >= 4 is 34.7 Å². The Morgan fingerprint density at radius 3 is 2.35 bits per heavy atom. The highest BCUT2D eigenvalue weighted by molar-refractivity contribution is 6.31. The number of benzene rings is 1. The summed E-state index contributed by atoms with van der Waals surface area (Å²) in [6, 6.07) is 5.22. The molecule has 31 heavy (non-hydrogen) atoms. The molecule has 0 fully saturated rings. The van der Waals surface area contributed by atoms with E-state index >= 15 is 0 Å². The molecule has 0 radical (unpaired) electrons. The topological polar surface area (TPSA) is 114 Å². The molecule has 0 aromatic heterocycles. The van der Waals surface area contributed by atoms with E-state index in [9.17, 15) is 5.11 Å². The summed E-state index contributed by atoms with van der Waals surface area (Å²) in [5, 5.41) is 26.1. The fourth-order valence-corrected chi connectivity index (χ4v) is 3.77. The Bertz CT molecular complexity index is 995. The zero-order valence-electron chi connectivity index (χ0n) is 18.9. The van der Waals surface area contributed by atoms with Gasteiger partial charge in [0.2, 0.25) is 5.95 Å². The lowest BCUT2D eigenvalue weighted by Crippen LogP contribution is -2.32. The van der Waals surface area contributed by atoms with Crippen molar-refractivity contribution in [1.29, 1.82) is 0 Å². The van der Waals surface area contributed by atoms with Crippen LogP contribution in [0.1, 0.15) is 59.2 Å². The normalized spacial score (nSPS) is 12.9. The Morgan fingerprint density at radius 1 is 1.10 bits per heavy atom. The molecule has 0 saturated heterocycles. The molecular formula is C22H32ClN7O. The molecule has 2 aliphatic heterocycles. The van der Waals surface area contributed by atoms with Gasteiger partial charge in [0, 0.05) is 22.4 Å². The smallest absolute Gasteiger partial charge is 0.205 e. The van der Waals surface area contributed by atoms with Gasteiger partial charge in [-0.25, -0.2) is 0 Å². The number of nitrogens with two attached hydrogens (primary N) is 1. The van der Waals surface area contributed by atoms with E-state index in [1.807, 2.05) is 0 Å². The molecule has 1 aromatic carbocycles. The van der Waals surface area contributed by atoms with Crippen LogP contribution >= 0.6 is 11.6 Å². The van der Waals surface area contributed by atoms with Gasteiger partial charge in [0.25, 0.3) is 0 Å². The standard InChI is InChI=1S/C22H32ClN7O/c1-11(2)17(10-31)26-22-27-21(25-16-8-14(23)7-15(24)9-16)19-20(30(22)13(5)6)18(12(3)4)28-29-19/h7-9,11-13,17,25,31H,10,24H2,1-6H3,(H,26,27). The predicted octanol–water partition coefficient (Wildman–Crippen LogP) is 4.89. The zero-order valence-corrected chi connectivity index (χ0v) is 19.7. The van der Waals surface area contributed by atoms with Crippen LogP contribution in [0.5, 0.6) is 0 Å². The minimum atomic E-state index is -0.150. The zero-order chi connectivity index (χ0) is 22.9. The third kappa shape index (κ3) is 4.85. The van der Waals surface area contributed by atoms with Crippen molar-refractivity contribution in [3.63, 3.8) is 0 Å². The molecule has 0 aliphatic carbocycles. The summed E-state index contributed by atoms with van der Waals surface area (Å²) >= 11 is 6.19. The van der Waals surface area contributed by atoms with E-state index in [2.05, 4.69) is 66.9 Å². The first-order chi connectivity index (χ1) is 14.6. The lowest BCUT2D eigenvalue weighted by molar-refractivity contribution is 0.248. The molecule has 8 nitrogen and oxygen atoms in total. The SMILES string of the molecule is CC(C)c1nnc2c(Nc3cc(N)cc(Cl)c3)nc(NC(CO)C(C)C)n(C(C)C)c1-2. The lowest BCUT2D eigenvalue weighted by Gasteiger charge is -2.28. The number of aliphatic hydroxyl groups is 1. The van der Waals surface area contributed by atoms with Crippen molar-refractivity contribution in [3.8, 4) is 11.4 Å². The van der Waals surface area contributed by atoms with Gasteiger partial charge in [-0.15, -0.1) is 5.10 Å². The summed E-state index contributed by atoms with van der Waals surface area (Å²) in [5.74, 6) is 1.59. The van der Waals surface area contributed by atoms with Crippen molar-refractivity contribution in [2.45, 2.75) is 59.5 Å². The van der Waals surface area contributed by atoms with Crippen LogP contribution in [-0.4, -0.2) is 37.5 Å². The highest BCUT2D eigenvalue weighted by atomic mass is 35.5. The molecule has 168 valence electrons. The van der Waals surface area contributed by atoms with E-state index in [1.165, 1.54) is 0 Å². The van der Waals surface area contributed by atoms with Crippen LogP contribution in [-0.2, 0) is 0 Å². The van der Waals surface area contributed by atoms with E-state index in [1.54, 1.807) is 18.2 Å². The van der Waals surface area contributed by atoms with E-state index in [-0.39, 0.29) is 30.5 Å². The maximum atomic E-state index is 9.90. The minimum absolute atomic E-state index is 0.00236. The Labute approximate surface area is 188 Å². The number of hydrogen-bond acceptors (Lipinski definition) is 7. The van der Waals surface area contributed by atoms with Crippen LogP contribution in [0.2, 0.25) is 5.02 Å². The molecule has 0 saturated carbocycles. The fourth-order valence-electron chi connectivity index (χ4n) is 3.53. The summed E-state index contributed by atoms with van der Waals surface area (Å²) in [7, 11) is 0. The van der Waals surface area contributed by atoms with Crippen LogP contribution < -0.4 is 16.4 Å². The van der Waals surface area contributed by atoms with Gasteiger partial charge in [-0.05, 0) is 43.9 Å². The van der Waals surface area contributed by atoms with Gasteiger partial charge in [0.1, 0.15) is 0 Å². The molecule has 0 spiro atoms. The van der Waals surface area contributed by atoms with Crippen LogP contribution in [0.4, 0.5) is 23.1 Å².